The number of hydrogen-bond acceptors (Lipinski definition) is 5. The van der Waals surface area contributed by atoms with Crippen molar-refractivity contribution in [3.05, 3.63) is 69.0 Å². The molecule has 0 spiro atoms. The molecule has 0 saturated heterocycles. The SMILES string of the molecule is Cc1cccc(NC(=O)CSc2nnc([C@H](NC(=O)c3ccc(Cl)c(Cl)c3)C(C)C)n2C)c1C. The predicted molar refractivity (Wildman–Crippen MR) is 138 cm³/mol. The van der Waals surface area contributed by atoms with Gasteiger partial charge in [-0.05, 0) is 55.2 Å². The Morgan fingerprint density at radius 2 is 1.82 bits per heavy atom. The molecule has 0 radical (unpaired) electrons. The van der Waals surface area contributed by atoms with Crippen LogP contribution >= 0.6 is 35.0 Å². The highest BCUT2D eigenvalue weighted by atomic mass is 35.5. The predicted octanol–water partition coefficient (Wildman–Crippen LogP) is 5.60. The molecule has 2 N–H and O–H groups in total. The smallest absolute Gasteiger partial charge is 0.251 e. The number of halogens is 2. The Balaban J connectivity index is 1.69. The molecule has 7 nitrogen and oxygen atoms in total. The van der Waals surface area contributed by atoms with Crippen LogP contribution in [0.25, 0.3) is 0 Å². The first-order valence-electron chi connectivity index (χ1n) is 10.7. The van der Waals surface area contributed by atoms with Crippen LogP contribution in [0.2, 0.25) is 10.0 Å². The molecule has 0 unspecified atom stereocenters. The first-order chi connectivity index (χ1) is 16.1. The molecule has 180 valence electrons. The average Bonchev–Trinajstić information content (AvgIpc) is 3.15. The van der Waals surface area contributed by atoms with E-state index >= 15 is 0 Å². The number of rotatable bonds is 8. The van der Waals surface area contributed by atoms with E-state index < -0.39 is 6.04 Å². The highest BCUT2D eigenvalue weighted by Crippen LogP contribution is 2.26. The van der Waals surface area contributed by atoms with Crippen LogP contribution in [0.5, 0.6) is 0 Å². The minimum Gasteiger partial charge on any atom is -0.342 e. The van der Waals surface area contributed by atoms with E-state index in [0.717, 1.165) is 16.8 Å². The van der Waals surface area contributed by atoms with E-state index in [1.807, 2.05) is 52.9 Å². The number of thioether (sulfide) groups is 1. The molecule has 1 aromatic heterocycles. The summed E-state index contributed by atoms with van der Waals surface area (Å²) < 4.78 is 1.80. The van der Waals surface area contributed by atoms with Crippen molar-refractivity contribution in [2.45, 2.75) is 38.9 Å². The molecule has 1 heterocycles. The van der Waals surface area contributed by atoms with Gasteiger partial charge in [-0.1, -0.05) is 60.9 Å². The minimum absolute atomic E-state index is 0.0417. The molecule has 0 fully saturated rings. The minimum atomic E-state index is -0.391. The normalized spacial score (nSPS) is 12.0. The summed E-state index contributed by atoms with van der Waals surface area (Å²) in [5, 5.41) is 15.8. The topological polar surface area (TPSA) is 88.9 Å². The number of hydrogen-bond donors (Lipinski definition) is 2. The third-order valence-electron chi connectivity index (χ3n) is 5.49. The molecule has 34 heavy (non-hydrogen) atoms. The van der Waals surface area contributed by atoms with Gasteiger partial charge < -0.3 is 15.2 Å². The summed E-state index contributed by atoms with van der Waals surface area (Å²) in [5.74, 6) is 0.404. The summed E-state index contributed by atoms with van der Waals surface area (Å²) >= 11 is 13.3. The summed E-state index contributed by atoms with van der Waals surface area (Å²) in [4.78, 5) is 25.3. The molecule has 0 aliphatic rings. The van der Waals surface area contributed by atoms with Gasteiger partial charge in [-0.25, -0.2) is 0 Å². The van der Waals surface area contributed by atoms with E-state index in [1.54, 1.807) is 16.7 Å². The molecule has 0 aliphatic carbocycles. The van der Waals surface area contributed by atoms with Gasteiger partial charge >= 0.3 is 0 Å². The van der Waals surface area contributed by atoms with E-state index in [4.69, 9.17) is 23.2 Å². The number of aryl methyl sites for hydroxylation is 1. The molecular weight excluding hydrogens is 493 g/mol. The quantitative estimate of drug-likeness (QED) is 0.378. The number of anilines is 1. The number of nitrogens with one attached hydrogen (secondary N) is 2. The Morgan fingerprint density at radius 1 is 1.09 bits per heavy atom. The second-order valence-corrected chi connectivity index (χ2v) is 10.1. The van der Waals surface area contributed by atoms with Crippen LogP contribution in [0.4, 0.5) is 5.69 Å². The summed E-state index contributed by atoms with van der Waals surface area (Å²) in [6, 6.07) is 10.2. The maximum atomic E-state index is 12.8. The van der Waals surface area contributed by atoms with Crippen LogP contribution < -0.4 is 10.6 Å². The summed E-state index contributed by atoms with van der Waals surface area (Å²) in [6.07, 6.45) is 0. The highest BCUT2D eigenvalue weighted by Gasteiger charge is 2.25. The second-order valence-electron chi connectivity index (χ2n) is 8.31. The lowest BCUT2D eigenvalue weighted by Crippen LogP contribution is -2.33. The standard InChI is InChI=1S/C24H27Cl2N5O2S/c1-13(2)21(28-23(33)16-9-10-17(25)18(26)11-16)22-29-30-24(31(22)5)34-12-20(32)27-19-8-6-7-14(3)15(19)4/h6-11,13,21H,12H2,1-5H3,(H,27,32)(H,28,33)/t21-/m1/s1. The average molecular weight is 520 g/mol. The molecule has 3 aromatic rings. The zero-order valence-electron chi connectivity index (χ0n) is 19.6. The lowest BCUT2D eigenvalue weighted by molar-refractivity contribution is -0.113. The van der Waals surface area contributed by atoms with E-state index in [1.165, 1.54) is 17.8 Å². The van der Waals surface area contributed by atoms with Gasteiger partial charge in [-0.15, -0.1) is 10.2 Å². The molecule has 0 bridgehead atoms. The number of benzene rings is 2. The molecule has 0 saturated carbocycles. The molecule has 10 heteroatoms. The third-order valence-corrected chi connectivity index (χ3v) is 7.25. The van der Waals surface area contributed by atoms with Gasteiger partial charge in [0.1, 0.15) is 0 Å². The Bertz CT molecular complexity index is 1210. The lowest BCUT2D eigenvalue weighted by atomic mass is 10.0. The first kappa shape index (κ1) is 26.1. The van der Waals surface area contributed by atoms with Crippen molar-refractivity contribution in [2.75, 3.05) is 11.1 Å². The van der Waals surface area contributed by atoms with E-state index in [-0.39, 0.29) is 23.5 Å². The van der Waals surface area contributed by atoms with Gasteiger partial charge in [0.15, 0.2) is 11.0 Å². The molecular formula is C24H27Cl2N5O2S. The van der Waals surface area contributed by atoms with Crippen molar-refractivity contribution in [3.63, 3.8) is 0 Å². The van der Waals surface area contributed by atoms with E-state index in [2.05, 4.69) is 20.8 Å². The molecule has 2 amide bonds. The van der Waals surface area contributed by atoms with Crippen molar-refractivity contribution < 1.29 is 9.59 Å². The maximum Gasteiger partial charge on any atom is 0.251 e. The second kappa shape index (κ2) is 11.3. The number of carbonyl (C=O) groups excluding carboxylic acids is 2. The van der Waals surface area contributed by atoms with Crippen LogP contribution in [0.15, 0.2) is 41.6 Å². The van der Waals surface area contributed by atoms with Crippen LogP contribution in [0.3, 0.4) is 0 Å². The number of amides is 2. The van der Waals surface area contributed by atoms with Crippen molar-refractivity contribution in [1.29, 1.82) is 0 Å². The van der Waals surface area contributed by atoms with Crippen LogP contribution in [-0.4, -0.2) is 32.3 Å². The van der Waals surface area contributed by atoms with Gasteiger partial charge in [0.05, 0.1) is 21.8 Å². The van der Waals surface area contributed by atoms with Gasteiger partial charge in [-0.2, -0.15) is 0 Å². The van der Waals surface area contributed by atoms with Gasteiger partial charge in [0, 0.05) is 18.3 Å². The van der Waals surface area contributed by atoms with Crippen molar-refractivity contribution in [3.8, 4) is 0 Å². The lowest BCUT2D eigenvalue weighted by Gasteiger charge is -2.22. The summed E-state index contributed by atoms with van der Waals surface area (Å²) in [5.41, 5.74) is 3.36. The fraction of sp³-hybridized carbons (Fsp3) is 0.333. The van der Waals surface area contributed by atoms with Crippen LogP contribution in [0, 0.1) is 19.8 Å². The zero-order chi connectivity index (χ0) is 25.0. The molecule has 2 aromatic carbocycles. The van der Waals surface area contributed by atoms with Crippen LogP contribution in [-0.2, 0) is 11.8 Å². The molecule has 1 atom stereocenters. The summed E-state index contributed by atoms with van der Waals surface area (Å²) in [7, 11) is 1.82. The number of nitrogens with zero attached hydrogens (tertiary/aromatic N) is 3. The third kappa shape index (κ3) is 6.11. The molecule has 3 rings (SSSR count). The van der Waals surface area contributed by atoms with Crippen LogP contribution in [0.1, 0.15) is 47.2 Å². The van der Waals surface area contributed by atoms with Gasteiger partial charge in [0.2, 0.25) is 5.91 Å². The number of aromatic nitrogens is 3. The number of carbonyl (C=O) groups is 2. The van der Waals surface area contributed by atoms with Crippen molar-refractivity contribution in [1.82, 2.24) is 20.1 Å². The highest BCUT2D eigenvalue weighted by molar-refractivity contribution is 7.99. The van der Waals surface area contributed by atoms with Gasteiger partial charge in [-0.3, -0.25) is 9.59 Å². The Morgan fingerprint density at radius 3 is 2.50 bits per heavy atom. The summed E-state index contributed by atoms with van der Waals surface area (Å²) in [6.45, 7) is 7.95. The Hall–Kier alpha value is -2.55. The van der Waals surface area contributed by atoms with Crippen molar-refractivity contribution >= 4 is 52.5 Å². The fourth-order valence-electron chi connectivity index (χ4n) is 3.32. The zero-order valence-corrected chi connectivity index (χ0v) is 22.0. The Labute approximate surface area is 213 Å². The van der Waals surface area contributed by atoms with E-state index in [0.29, 0.717) is 26.6 Å². The van der Waals surface area contributed by atoms with Crippen molar-refractivity contribution in [2.24, 2.45) is 13.0 Å². The largest absolute Gasteiger partial charge is 0.342 e. The fourth-order valence-corrected chi connectivity index (χ4v) is 4.33. The first-order valence-corrected chi connectivity index (χ1v) is 12.5. The molecule has 0 aliphatic heterocycles. The van der Waals surface area contributed by atoms with Gasteiger partial charge in [0.25, 0.3) is 5.91 Å². The monoisotopic (exact) mass is 519 g/mol. The maximum absolute atomic E-state index is 12.8. The van der Waals surface area contributed by atoms with E-state index in [9.17, 15) is 9.59 Å². The Kier molecular flexibility index (Phi) is 8.62.